The van der Waals surface area contributed by atoms with Gasteiger partial charge in [0.2, 0.25) is 10.0 Å². The van der Waals surface area contributed by atoms with Crippen molar-refractivity contribution in [1.29, 1.82) is 0 Å². The maximum absolute atomic E-state index is 12.7. The van der Waals surface area contributed by atoms with Crippen molar-refractivity contribution in [1.82, 2.24) is 4.31 Å². The van der Waals surface area contributed by atoms with Crippen LogP contribution in [0.25, 0.3) is 0 Å². The smallest absolute Gasteiger partial charge is 0.243 e. The van der Waals surface area contributed by atoms with Crippen molar-refractivity contribution < 1.29 is 18.6 Å². The van der Waals surface area contributed by atoms with Gasteiger partial charge in [-0.3, -0.25) is 0 Å². The van der Waals surface area contributed by atoms with Gasteiger partial charge in [-0.05, 0) is 29.5 Å². The molecule has 0 aromatic heterocycles. The van der Waals surface area contributed by atoms with Crippen molar-refractivity contribution >= 4 is 10.0 Å². The van der Waals surface area contributed by atoms with Gasteiger partial charge in [0.25, 0.3) is 0 Å². The number of rotatable bonds is 6. The first-order valence-electron chi connectivity index (χ1n) is 6.97. The summed E-state index contributed by atoms with van der Waals surface area (Å²) in [4.78, 5) is 0.233. The average Bonchev–Trinajstić information content (AvgIpc) is 2.37. The van der Waals surface area contributed by atoms with E-state index in [2.05, 4.69) is 0 Å². The second-order valence-electron chi connectivity index (χ2n) is 6.08. The average molecular weight is 315 g/mol. The van der Waals surface area contributed by atoms with Crippen molar-refractivity contribution in [2.75, 3.05) is 26.3 Å². The van der Waals surface area contributed by atoms with Crippen LogP contribution in [0.4, 0.5) is 0 Å². The number of nitrogens with zero attached hydrogens (tertiary/aromatic N) is 1. The molecule has 0 amide bonds. The van der Waals surface area contributed by atoms with Crippen LogP contribution in [0.1, 0.15) is 31.9 Å². The number of sulfonamides is 1. The molecule has 6 heteroatoms. The SMILES string of the molecule is Cc1ccc(C(C)(C)C)cc1S(=O)(=O)N(CCO)CCO. The van der Waals surface area contributed by atoms with Gasteiger partial charge in [0.15, 0.2) is 0 Å². The molecule has 120 valence electrons. The molecule has 0 heterocycles. The number of aliphatic hydroxyl groups excluding tert-OH is 2. The second-order valence-corrected chi connectivity index (χ2v) is 7.99. The van der Waals surface area contributed by atoms with E-state index in [-0.39, 0.29) is 36.6 Å². The van der Waals surface area contributed by atoms with Gasteiger partial charge in [0.1, 0.15) is 0 Å². The molecule has 1 aromatic rings. The normalized spacial score (nSPS) is 12.9. The summed E-state index contributed by atoms with van der Waals surface area (Å²) < 4.78 is 26.5. The Balaban J connectivity index is 3.35. The first-order valence-corrected chi connectivity index (χ1v) is 8.41. The molecule has 0 fully saturated rings. The van der Waals surface area contributed by atoms with E-state index < -0.39 is 10.0 Å². The highest BCUT2D eigenvalue weighted by atomic mass is 32.2. The van der Waals surface area contributed by atoms with E-state index in [1.54, 1.807) is 19.1 Å². The molecule has 2 N–H and O–H groups in total. The van der Waals surface area contributed by atoms with E-state index in [0.717, 1.165) is 9.87 Å². The van der Waals surface area contributed by atoms with Crippen LogP contribution in [0.3, 0.4) is 0 Å². The fraction of sp³-hybridized carbons (Fsp3) is 0.600. The molecule has 1 rings (SSSR count). The van der Waals surface area contributed by atoms with E-state index in [1.165, 1.54) is 0 Å². The molecule has 0 aliphatic carbocycles. The molecule has 0 bridgehead atoms. The minimum atomic E-state index is -3.73. The van der Waals surface area contributed by atoms with E-state index in [9.17, 15) is 8.42 Å². The first-order chi connectivity index (χ1) is 9.64. The molecule has 0 radical (unpaired) electrons. The number of aryl methyl sites for hydroxylation is 1. The molecule has 0 atom stereocenters. The third kappa shape index (κ3) is 4.26. The summed E-state index contributed by atoms with van der Waals surface area (Å²) >= 11 is 0. The quantitative estimate of drug-likeness (QED) is 0.828. The zero-order valence-corrected chi connectivity index (χ0v) is 13.9. The Morgan fingerprint density at radius 3 is 2.05 bits per heavy atom. The number of hydrogen-bond donors (Lipinski definition) is 2. The predicted molar refractivity (Wildman–Crippen MR) is 82.8 cm³/mol. The van der Waals surface area contributed by atoms with Gasteiger partial charge in [-0.1, -0.05) is 32.9 Å². The predicted octanol–water partition coefficient (Wildman–Crippen LogP) is 1.27. The summed E-state index contributed by atoms with van der Waals surface area (Å²) in [6.45, 7) is 7.20. The van der Waals surface area contributed by atoms with Crippen LogP contribution in [0.2, 0.25) is 0 Å². The minimum Gasteiger partial charge on any atom is -0.395 e. The van der Waals surface area contributed by atoms with Gasteiger partial charge in [-0.25, -0.2) is 8.42 Å². The summed E-state index contributed by atoms with van der Waals surface area (Å²) in [6, 6.07) is 5.41. The lowest BCUT2D eigenvalue weighted by Gasteiger charge is -2.24. The number of aliphatic hydroxyl groups is 2. The van der Waals surface area contributed by atoms with Crippen molar-refractivity contribution in [3.8, 4) is 0 Å². The molecule has 0 aliphatic rings. The minimum absolute atomic E-state index is 0.0257. The third-order valence-corrected chi connectivity index (χ3v) is 5.41. The van der Waals surface area contributed by atoms with Gasteiger partial charge in [0.05, 0.1) is 18.1 Å². The molecule has 0 spiro atoms. The Kier molecular flexibility index (Phi) is 5.92. The van der Waals surface area contributed by atoms with E-state index in [4.69, 9.17) is 10.2 Å². The second kappa shape index (κ2) is 6.87. The maximum Gasteiger partial charge on any atom is 0.243 e. The highest BCUT2D eigenvalue weighted by Gasteiger charge is 2.27. The van der Waals surface area contributed by atoms with Crippen LogP contribution < -0.4 is 0 Å². The summed E-state index contributed by atoms with van der Waals surface area (Å²) in [5.41, 5.74) is 1.43. The Morgan fingerprint density at radius 1 is 1.10 bits per heavy atom. The lowest BCUT2D eigenvalue weighted by Crippen LogP contribution is -2.36. The van der Waals surface area contributed by atoms with Crippen LogP contribution in [0.5, 0.6) is 0 Å². The fourth-order valence-electron chi connectivity index (χ4n) is 2.06. The molecule has 0 saturated heterocycles. The fourth-order valence-corrected chi connectivity index (χ4v) is 3.73. The zero-order chi connectivity index (χ0) is 16.3. The van der Waals surface area contributed by atoms with Gasteiger partial charge < -0.3 is 10.2 Å². The Labute approximate surface area is 127 Å². The van der Waals surface area contributed by atoms with Gasteiger partial charge in [-0.2, -0.15) is 4.31 Å². The Morgan fingerprint density at radius 2 is 1.62 bits per heavy atom. The molecule has 21 heavy (non-hydrogen) atoms. The molecule has 0 saturated carbocycles. The zero-order valence-electron chi connectivity index (χ0n) is 13.1. The highest BCUT2D eigenvalue weighted by Crippen LogP contribution is 2.28. The molecule has 0 unspecified atom stereocenters. The Hall–Kier alpha value is -0.950. The molecule has 1 aromatic carbocycles. The highest BCUT2D eigenvalue weighted by molar-refractivity contribution is 7.89. The van der Waals surface area contributed by atoms with Crippen molar-refractivity contribution in [2.24, 2.45) is 0 Å². The molecule has 0 aliphatic heterocycles. The van der Waals surface area contributed by atoms with Gasteiger partial charge >= 0.3 is 0 Å². The molecule has 5 nitrogen and oxygen atoms in total. The largest absolute Gasteiger partial charge is 0.395 e. The summed E-state index contributed by atoms with van der Waals surface area (Å²) in [5, 5.41) is 18.1. The monoisotopic (exact) mass is 315 g/mol. The summed E-state index contributed by atoms with van der Waals surface area (Å²) in [6.07, 6.45) is 0. The summed E-state index contributed by atoms with van der Waals surface area (Å²) in [7, 11) is -3.73. The van der Waals surface area contributed by atoms with Crippen LogP contribution in [0.15, 0.2) is 23.1 Å². The molecular formula is C15H25NO4S. The lowest BCUT2D eigenvalue weighted by atomic mass is 9.87. The van der Waals surface area contributed by atoms with Gasteiger partial charge in [-0.15, -0.1) is 0 Å². The van der Waals surface area contributed by atoms with E-state index in [0.29, 0.717) is 5.56 Å². The number of hydrogen-bond acceptors (Lipinski definition) is 4. The lowest BCUT2D eigenvalue weighted by molar-refractivity contribution is 0.217. The standard InChI is InChI=1S/C15H25NO4S/c1-12-5-6-13(15(2,3)4)11-14(12)21(19,20)16(7-9-17)8-10-18/h5-6,11,17-18H,7-10H2,1-4H3. The van der Waals surface area contributed by atoms with E-state index in [1.807, 2.05) is 26.8 Å². The van der Waals surface area contributed by atoms with Crippen molar-refractivity contribution in [2.45, 2.75) is 38.0 Å². The van der Waals surface area contributed by atoms with Crippen molar-refractivity contribution in [3.05, 3.63) is 29.3 Å². The first kappa shape index (κ1) is 18.1. The van der Waals surface area contributed by atoms with E-state index >= 15 is 0 Å². The van der Waals surface area contributed by atoms with Crippen LogP contribution in [0, 0.1) is 6.92 Å². The topological polar surface area (TPSA) is 77.8 Å². The van der Waals surface area contributed by atoms with Crippen LogP contribution >= 0.6 is 0 Å². The third-order valence-electron chi connectivity index (χ3n) is 3.37. The van der Waals surface area contributed by atoms with Crippen LogP contribution in [-0.2, 0) is 15.4 Å². The molecular weight excluding hydrogens is 290 g/mol. The Bertz CT molecular complexity index is 570. The van der Waals surface area contributed by atoms with Crippen LogP contribution in [-0.4, -0.2) is 49.2 Å². The van der Waals surface area contributed by atoms with Gasteiger partial charge in [0, 0.05) is 13.1 Å². The van der Waals surface area contributed by atoms with Crippen molar-refractivity contribution in [3.63, 3.8) is 0 Å². The summed E-state index contributed by atoms with van der Waals surface area (Å²) in [5.74, 6) is 0. The maximum atomic E-state index is 12.7. The number of benzene rings is 1.